The lowest BCUT2D eigenvalue weighted by atomic mass is 9.99. The Bertz CT molecular complexity index is 652. The van der Waals surface area contributed by atoms with Crippen molar-refractivity contribution in [1.29, 1.82) is 0 Å². The molecule has 1 atom stereocenters. The Morgan fingerprint density at radius 3 is 2.79 bits per heavy atom. The molecule has 0 radical (unpaired) electrons. The van der Waals surface area contributed by atoms with Gasteiger partial charge in [-0.05, 0) is 28.8 Å². The van der Waals surface area contributed by atoms with Gasteiger partial charge in [0.15, 0.2) is 6.29 Å². The molecule has 0 amide bonds. The molecule has 4 heteroatoms. The maximum Gasteiger partial charge on any atom is 0.222 e. The van der Waals surface area contributed by atoms with Gasteiger partial charge in [0.2, 0.25) is 3.79 Å². The molecule has 0 fully saturated rings. The molecule has 2 aromatic carbocycles. The molecule has 3 rings (SSSR count). The van der Waals surface area contributed by atoms with Crippen LogP contribution in [-0.4, -0.2) is 8.90 Å². The number of carbonyl (C=O) groups excluding carboxylic acids is 1. The van der Waals surface area contributed by atoms with Crippen molar-refractivity contribution in [1.82, 2.24) is 0 Å². The van der Waals surface area contributed by atoms with Gasteiger partial charge in [-0.2, -0.15) is 0 Å². The summed E-state index contributed by atoms with van der Waals surface area (Å²) in [6, 6.07) is 13.3. The number of halogens is 1. The monoisotopic (exact) mass is 366 g/mol. The number of carbonyl (C=O) groups is 1. The van der Waals surface area contributed by atoms with Crippen molar-refractivity contribution in [3.63, 3.8) is 0 Å². The highest BCUT2D eigenvalue weighted by Gasteiger charge is 2.20. The molecule has 0 aromatic heterocycles. The smallest absolute Gasteiger partial charge is 0.222 e. The van der Waals surface area contributed by atoms with E-state index in [0.717, 1.165) is 22.3 Å². The molecular weight excluding hydrogens is 355 g/mol. The van der Waals surface area contributed by atoms with Crippen LogP contribution in [0.3, 0.4) is 0 Å². The fourth-order valence-corrected chi connectivity index (χ4v) is 2.57. The topological polar surface area (TPSA) is 46.5 Å². The average Bonchev–Trinajstić information content (AvgIpc) is 2.80. The Kier molecular flexibility index (Phi) is 3.38. The van der Waals surface area contributed by atoms with E-state index in [1.165, 1.54) is 0 Å². The van der Waals surface area contributed by atoms with E-state index in [0.29, 0.717) is 12.2 Å². The van der Waals surface area contributed by atoms with Crippen LogP contribution in [0.1, 0.15) is 27.8 Å². The molecule has 0 spiro atoms. The van der Waals surface area contributed by atoms with Crippen molar-refractivity contribution >= 4 is 26.4 Å². The summed E-state index contributed by atoms with van der Waals surface area (Å²) in [6.45, 7) is 0.426. The van der Waals surface area contributed by atoms with Crippen molar-refractivity contribution in [2.45, 2.75) is 12.9 Å². The Hall–Kier alpha value is -1.24. The molecule has 1 unspecified atom stereocenters. The zero-order chi connectivity index (χ0) is 13.4. The van der Waals surface area contributed by atoms with Crippen LogP contribution >= 0.6 is 22.6 Å². The number of hydrogen-bond donors (Lipinski definition) is 1. The summed E-state index contributed by atoms with van der Waals surface area (Å²) in [5, 5.41) is 9.59. The van der Waals surface area contributed by atoms with Gasteiger partial charge < -0.3 is 9.84 Å². The number of aliphatic hydroxyl groups excluding tert-OH is 1. The second kappa shape index (κ2) is 5.03. The highest BCUT2D eigenvalue weighted by molar-refractivity contribution is 14.1. The quantitative estimate of drug-likeness (QED) is 0.654. The summed E-state index contributed by atoms with van der Waals surface area (Å²) in [4.78, 5) is 11.4. The minimum Gasteiger partial charge on any atom is -0.364 e. The Labute approximate surface area is 124 Å². The summed E-state index contributed by atoms with van der Waals surface area (Å²) in [5.74, 6) is 0. The zero-order valence-corrected chi connectivity index (χ0v) is 12.1. The molecule has 0 bridgehead atoms. The van der Waals surface area contributed by atoms with Gasteiger partial charge in [0.25, 0.3) is 0 Å². The lowest BCUT2D eigenvalue weighted by Crippen LogP contribution is -1.92. The summed E-state index contributed by atoms with van der Waals surface area (Å²) in [6.07, 6.45) is -0.814. The number of aliphatic hydroxyl groups is 1. The highest BCUT2D eigenvalue weighted by Crippen LogP contribution is 2.32. The first-order valence-corrected chi connectivity index (χ1v) is 6.96. The van der Waals surface area contributed by atoms with Crippen molar-refractivity contribution in [3.05, 3.63) is 59.2 Å². The normalized spacial score (nSPS) is 17.3. The molecule has 0 aliphatic carbocycles. The van der Waals surface area contributed by atoms with Gasteiger partial charge in [0.1, 0.15) is 0 Å². The second-order valence-corrected chi connectivity index (χ2v) is 5.41. The van der Waals surface area contributed by atoms with E-state index in [9.17, 15) is 9.90 Å². The molecule has 1 aliphatic rings. The SMILES string of the molecule is O=C(I)c1cccc(-c2ccc3c(c2)COC3O)c1. The molecule has 1 aliphatic heterocycles. The fourth-order valence-electron chi connectivity index (χ4n) is 2.23. The van der Waals surface area contributed by atoms with Gasteiger partial charge in [0.05, 0.1) is 6.61 Å². The molecule has 1 N–H and O–H groups in total. The zero-order valence-electron chi connectivity index (χ0n) is 9.97. The average molecular weight is 366 g/mol. The Morgan fingerprint density at radius 1 is 1.21 bits per heavy atom. The minimum absolute atomic E-state index is 0.0272. The van der Waals surface area contributed by atoms with E-state index in [1.54, 1.807) is 28.7 Å². The third kappa shape index (κ3) is 2.43. The van der Waals surface area contributed by atoms with E-state index >= 15 is 0 Å². The van der Waals surface area contributed by atoms with Crippen molar-refractivity contribution in [2.24, 2.45) is 0 Å². The maximum absolute atomic E-state index is 11.4. The van der Waals surface area contributed by atoms with E-state index in [1.807, 2.05) is 36.4 Å². The molecule has 96 valence electrons. The van der Waals surface area contributed by atoms with Gasteiger partial charge in [-0.1, -0.05) is 30.3 Å². The van der Waals surface area contributed by atoms with Crippen LogP contribution in [0.25, 0.3) is 11.1 Å². The third-order valence-corrected chi connectivity index (χ3v) is 3.85. The Morgan fingerprint density at radius 2 is 2.00 bits per heavy atom. The van der Waals surface area contributed by atoms with Crippen molar-refractivity contribution in [3.8, 4) is 11.1 Å². The second-order valence-electron chi connectivity index (χ2n) is 4.43. The summed E-state index contributed by atoms with van der Waals surface area (Å²) >= 11 is 1.78. The summed E-state index contributed by atoms with van der Waals surface area (Å²) in [5.41, 5.74) is 4.53. The summed E-state index contributed by atoms with van der Waals surface area (Å²) in [7, 11) is 0. The van der Waals surface area contributed by atoms with E-state index in [-0.39, 0.29) is 3.79 Å². The van der Waals surface area contributed by atoms with E-state index in [4.69, 9.17) is 4.74 Å². The van der Waals surface area contributed by atoms with Gasteiger partial charge in [-0.25, -0.2) is 0 Å². The third-order valence-electron chi connectivity index (χ3n) is 3.23. The highest BCUT2D eigenvalue weighted by atomic mass is 127. The van der Waals surface area contributed by atoms with Crippen LogP contribution in [-0.2, 0) is 11.3 Å². The molecule has 2 aromatic rings. The number of hydrogen-bond acceptors (Lipinski definition) is 3. The van der Waals surface area contributed by atoms with E-state index in [2.05, 4.69) is 0 Å². The fraction of sp³-hybridized carbons (Fsp3) is 0.133. The summed E-state index contributed by atoms with van der Waals surface area (Å²) < 4.78 is 5.20. The lowest BCUT2D eigenvalue weighted by molar-refractivity contribution is -0.0918. The standard InChI is InChI=1S/C15H11IO3/c16-14(17)11-3-1-2-9(6-11)10-4-5-13-12(7-10)8-19-15(13)18/h1-7,15,18H,8H2. The number of rotatable bonds is 2. The van der Waals surface area contributed by atoms with Crippen LogP contribution in [0, 0.1) is 0 Å². The molecule has 0 saturated heterocycles. The van der Waals surface area contributed by atoms with E-state index < -0.39 is 6.29 Å². The van der Waals surface area contributed by atoms with Gasteiger partial charge >= 0.3 is 0 Å². The number of ether oxygens (including phenoxy) is 1. The molecule has 1 heterocycles. The van der Waals surface area contributed by atoms with Gasteiger partial charge in [-0.3, -0.25) is 4.79 Å². The van der Waals surface area contributed by atoms with Crippen LogP contribution < -0.4 is 0 Å². The first-order valence-electron chi connectivity index (χ1n) is 5.88. The van der Waals surface area contributed by atoms with Crippen molar-refractivity contribution in [2.75, 3.05) is 0 Å². The Balaban J connectivity index is 2.03. The van der Waals surface area contributed by atoms with Crippen molar-refractivity contribution < 1.29 is 14.6 Å². The van der Waals surface area contributed by atoms with Crippen LogP contribution in [0.2, 0.25) is 0 Å². The molecule has 3 nitrogen and oxygen atoms in total. The number of fused-ring (bicyclic) bond motifs is 1. The van der Waals surface area contributed by atoms with Crippen LogP contribution in [0.5, 0.6) is 0 Å². The van der Waals surface area contributed by atoms with Gasteiger partial charge in [0, 0.05) is 33.7 Å². The minimum atomic E-state index is -0.814. The van der Waals surface area contributed by atoms with Gasteiger partial charge in [-0.15, -0.1) is 0 Å². The predicted octanol–water partition coefficient (Wildman–Crippen LogP) is 3.45. The molecular formula is C15H11IO3. The number of benzene rings is 2. The predicted molar refractivity (Wildman–Crippen MR) is 80.0 cm³/mol. The molecule has 19 heavy (non-hydrogen) atoms. The van der Waals surface area contributed by atoms with Crippen LogP contribution in [0.4, 0.5) is 0 Å². The van der Waals surface area contributed by atoms with Crippen LogP contribution in [0.15, 0.2) is 42.5 Å². The first kappa shape index (κ1) is 12.8. The maximum atomic E-state index is 11.4. The largest absolute Gasteiger partial charge is 0.364 e. The first-order chi connectivity index (χ1) is 9.15. The lowest BCUT2D eigenvalue weighted by Gasteiger charge is -2.06. The molecule has 0 saturated carbocycles.